The second-order valence-corrected chi connectivity index (χ2v) is 8.63. The van der Waals surface area contributed by atoms with E-state index in [-0.39, 0.29) is 0 Å². The van der Waals surface area contributed by atoms with E-state index in [1.807, 2.05) is 0 Å². The summed E-state index contributed by atoms with van der Waals surface area (Å²) < 4.78 is 0. The molecule has 0 spiro atoms. The van der Waals surface area contributed by atoms with E-state index < -0.39 is 0 Å². The van der Waals surface area contributed by atoms with Crippen molar-refractivity contribution in [3.8, 4) is 22.3 Å². The maximum absolute atomic E-state index is 3.92. The third-order valence-corrected chi connectivity index (χ3v) is 7.91. The van der Waals surface area contributed by atoms with Crippen molar-refractivity contribution in [1.82, 2.24) is 0 Å². The molecule has 0 saturated carbocycles. The SMILES string of the molecule is BrC1c2c(c(-c3ccccc3)c3ccccc3c2-c2ccccc2)C1Br. The number of halogens is 2. The normalized spacial score (nSPS) is 18.4. The standard InChI is InChI=1S/C24H16Br2/c25-23-21-19(15-9-3-1-4-10-15)17-13-7-8-14-18(17)20(22(21)24(23)26)16-11-5-2-6-12-16/h1-14,23-24H. The number of hydrogen-bond acceptors (Lipinski definition) is 0. The topological polar surface area (TPSA) is 0 Å². The van der Waals surface area contributed by atoms with E-state index in [0.29, 0.717) is 9.65 Å². The molecule has 126 valence electrons. The lowest BCUT2D eigenvalue weighted by atomic mass is 9.74. The van der Waals surface area contributed by atoms with E-state index in [4.69, 9.17) is 0 Å². The first-order valence-electron chi connectivity index (χ1n) is 8.75. The first-order chi connectivity index (χ1) is 12.8. The molecule has 1 aliphatic rings. The molecule has 2 atom stereocenters. The van der Waals surface area contributed by atoms with Gasteiger partial charge >= 0.3 is 0 Å². The van der Waals surface area contributed by atoms with Crippen LogP contribution in [0.25, 0.3) is 33.0 Å². The molecular formula is C24H16Br2. The highest BCUT2D eigenvalue weighted by atomic mass is 79.9. The zero-order chi connectivity index (χ0) is 17.7. The Morgan fingerprint density at radius 3 is 1.19 bits per heavy atom. The molecule has 2 heteroatoms. The van der Waals surface area contributed by atoms with Crippen LogP contribution >= 0.6 is 31.9 Å². The van der Waals surface area contributed by atoms with Gasteiger partial charge in [0.1, 0.15) is 0 Å². The van der Waals surface area contributed by atoms with Crippen molar-refractivity contribution < 1.29 is 0 Å². The van der Waals surface area contributed by atoms with Crippen molar-refractivity contribution in [3.63, 3.8) is 0 Å². The summed E-state index contributed by atoms with van der Waals surface area (Å²) in [5.74, 6) is 0. The lowest BCUT2D eigenvalue weighted by Crippen LogP contribution is -2.18. The average molecular weight is 464 g/mol. The first-order valence-corrected chi connectivity index (χ1v) is 10.6. The Kier molecular flexibility index (Phi) is 3.99. The fourth-order valence-electron chi connectivity index (χ4n) is 4.08. The van der Waals surface area contributed by atoms with Crippen LogP contribution in [0.5, 0.6) is 0 Å². The molecule has 0 nitrogen and oxygen atoms in total. The smallest absolute Gasteiger partial charge is 0.0571 e. The van der Waals surface area contributed by atoms with Gasteiger partial charge in [0.2, 0.25) is 0 Å². The maximum Gasteiger partial charge on any atom is 0.0571 e. The van der Waals surface area contributed by atoms with Crippen molar-refractivity contribution >= 4 is 42.6 Å². The summed E-state index contributed by atoms with van der Waals surface area (Å²) in [4.78, 5) is 0.638. The van der Waals surface area contributed by atoms with Crippen LogP contribution in [0.1, 0.15) is 20.8 Å². The van der Waals surface area contributed by atoms with Gasteiger partial charge in [-0.2, -0.15) is 0 Å². The molecule has 0 heterocycles. The molecule has 4 aromatic rings. The molecule has 4 aromatic carbocycles. The highest BCUT2D eigenvalue weighted by Gasteiger charge is 2.40. The van der Waals surface area contributed by atoms with Crippen LogP contribution in [-0.4, -0.2) is 0 Å². The fourth-order valence-corrected chi connectivity index (χ4v) is 5.56. The Labute approximate surface area is 170 Å². The molecule has 0 aliphatic heterocycles. The Morgan fingerprint density at radius 2 is 0.808 bits per heavy atom. The van der Waals surface area contributed by atoms with Gasteiger partial charge in [-0.05, 0) is 44.2 Å². The van der Waals surface area contributed by atoms with Crippen molar-refractivity contribution in [3.05, 3.63) is 96.1 Å². The minimum absolute atomic E-state index is 0.319. The predicted octanol–water partition coefficient (Wildman–Crippen LogP) is 8.06. The highest BCUT2D eigenvalue weighted by Crippen LogP contribution is 2.62. The first kappa shape index (κ1) is 16.3. The summed E-state index contributed by atoms with van der Waals surface area (Å²) in [5.41, 5.74) is 8.10. The summed E-state index contributed by atoms with van der Waals surface area (Å²) in [7, 11) is 0. The molecule has 1 aliphatic carbocycles. The molecule has 0 bridgehead atoms. The maximum atomic E-state index is 3.92. The molecule has 0 saturated heterocycles. The van der Waals surface area contributed by atoms with Gasteiger partial charge in [-0.3, -0.25) is 0 Å². The van der Waals surface area contributed by atoms with E-state index in [1.54, 1.807) is 0 Å². The van der Waals surface area contributed by atoms with E-state index >= 15 is 0 Å². The monoisotopic (exact) mass is 462 g/mol. The van der Waals surface area contributed by atoms with Gasteiger partial charge in [0.25, 0.3) is 0 Å². The van der Waals surface area contributed by atoms with Crippen LogP contribution in [0.4, 0.5) is 0 Å². The van der Waals surface area contributed by atoms with E-state index in [1.165, 1.54) is 44.2 Å². The zero-order valence-corrected chi connectivity index (χ0v) is 17.2. The number of alkyl halides is 2. The molecule has 0 amide bonds. The molecule has 2 unspecified atom stereocenters. The molecule has 0 fully saturated rings. The van der Waals surface area contributed by atoms with Crippen molar-refractivity contribution in [1.29, 1.82) is 0 Å². The van der Waals surface area contributed by atoms with Gasteiger partial charge < -0.3 is 0 Å². The lowest BCUT2D eigenvalue weighted by molar-refractivity contribution is 0.829. The molecule has 26 heavy (non-hydrogen) atoms. The predicted molar refractivity (Wildman–Crippen MR) is 118 cm³/mol. The third-order valence-electron chi connectivity index (χ3n) is 5.23. The van der Waals surface area contributed by atoms with Gasteiger partial charge in [-0.1, -0.05) is 117 Å². The van der Waals surface area contributed by atoms with Crippen LogP contribution in [0.2, 0.25) is 0 Å². The number of hydrogen-bond donors (Lipinski definition) is 0. The van der Waals surface area contributed by atoms with Gasteiger partial charge in [0, 0.05) is 0 Å². The van der Waals surface area contributed by atoms with Gasteiger partial charge in [0.05, 0.1) is 9.65 Å². The molecule has 0 N–H and O–H groups in total. The summed E-state index contributed by atoms with van der Waals surface area (Å²) in [6, 6.07) is 30.3. The Morgan fingerprint density at radius 1 is 0.462 bits per heavy atom. The quantitative estimate of drug-likeness (QED) is 0.263. The largest absolute Gasteiger partial charge is 0.0822 e. The number of fused-ring (bicyclic) bond motifs is 2. The lowest BCUT2D eigenvalue weighted by Gasteiger charge is -2.38. The number of benzene rings is 4. The van der Waals surface area contributed by atoms with Crippen LogP contribution in [-0.2, 0) is 0 Å². The van der Waals surface area contributed by atoms with Crippen LogP contribution in [0.3, 0.4) is 0 Å². The van der Waals surface area contributed by atoms with Crippen LogP contribution in [0.15, 0.2) is 84.9 Å². The van der Waals surface area contributed by atoms with E-state index in [0.717, 1.165) is 0 Å². The Hall–Kier alpha value is -1.90. The molecular weight excluding hydrogens is 448 g/mol. The van der Waals surface area contributed by atoms with Crippen molar-refractivity contribution in [2.45, 2.75) is 9.65 Å². The van der Waals surface area contributed by atoms with Crippen LogP contribution < -0.4 is 0 Å². The Bertz CT molecular complexity index is 1010. The van der Waals surface area contributed by atoms with Crippen LogP contribution in [0, 0.1) is 0 Å². The minimum Gasteiger partial charge on any atom is -0.0822 e. The summed E-state index contributed by atoms with van der Waals surface area (Å²) in [6.07, 6.45) is 0. The van der Waals surface area contributed by atoms with E-state index in [9.17, 15) is 0 Å². The van der Waals surface area contributed by atoms with Crippen molar-refractivity contribution in [2.75, 3.05) is 0 Å². The van der Waals surface area contributed by atoms with Crippen molar-refractivity contribution in [2.24, 2.45) is 0 Å². The summed E-state index contributed by atoms with van der Waals surface area (Å²) in [5, 5.41) is 2.64. The van der Waals surface area contributed by atoms with E-state index in [2.05, 4.69) is 117 Å². The van der Waals surface area contributed by atoms with Gasteiger partial charge in [-0.25, -0.2) is 0 Å². The second-order valence-electron chi connectivity index (χ2n) is 6.66. The summed E-state index contributed by atoms with van der Waals surface area (Å²) in [6.45, 7) is 0. The van der Waals surface area contributed by atoms with Gasteiger partial charge in [-0.15, -0.1) is 0 Å². The number of rotatable bonds is 2. The summed E-state index contributed by atoms with van der Waals surface area (Å²) >= 11 is 7.84. The minimum atomic E-state index is 0.319. The third kappa shape index (κ3) is 2.32. The molecule has 0 radical (unpaired) electrons. The fraction of sp³-hybridized carbons (Fsp3) is 0.0833. The Balaban J connectivity index is 1.95. The molecule has 0 aromatic heterocycles. The molecule has 5 rings (SSSR count). The highest BCUT2D eigenvalue weighted by molar-refractivity contribution is 9.12. The second kappa shape index (κ2) is 6.37. The van der Waals surface area contributed by atoms with Gasteiger partial charge in [0.15, 0.2) is 0 Å². The zero-order valence-electron chi connectivity index (χ0n) is 14.0. The average Bonchev–Trinajstić information content (AvgIpc) is 2.72.